The van der Waals surface area contributed by atoms with Crippen LogP contribution in [-0.2, 0) is 22.6 Å². The summed E-state index contributed by atoms with van der Waals surface area (Å²) in [5.41, 5.74) is 3.91. The molecule has 190 valence electrons. The Hall–Kier alpha value is -3.31. The number of carbonyl (C=O) groups is 2. The molecule has 6 heteroatoms. The number of hydrogen-bond donors (Lipinski definition) is 1. The highest BCUT2D eigenvalue weighted by Crippen LogP contribution is 2.22. The van der Waals surface area contributed by atoms with Crippen LogP contribution < -0.4 is 10.1 Å². The van der Waals surface area contributed by atoms with Crippen molar-refractivity contribution in [2.45, 2.75) is 59.2 Å². The van der Waals surface area contributed by atoms with Crippen LogP contribution in [0.1, 0.15) is 42.5 Å². The van der Waals surface area contributed by atoms with Crippen molar-refractivity contribution in [3.63, 3.8) is 0 Å². The molecule has 2 atom stereocenters. The first-order chi connectivity index (χ1) is 17.3. The van der Waals surface area contributed by atoms with Crippen LogP contribution in [0.5, 0.6) is 5.75 Å². The van der Waals surface area contributed by atoms with Crippen LogP contribution in [0.2, 0.25) is 5.02 Å². The summed E-state index contributed by atoms with van der Waals surface area (Å²) in [7, 11) is 0. The number of rotatable bonds is 11. The molecule has 36 heavy (non-hydrogen) atoms. The van der Waals surface area contributed by atoms with Gasteiger partial charge in [-0.2, -0.15) is 0 Å². The minimum absolute atomic E-state index is 0.0000115. The van der Waals surface area contributed by atoms with Crippen molar-refractivity contribution in [2.75, 3.05) is 6.61 Å². The van der Waals surface area contributed by atoms with Gasteiger partial charge in [-0.15, -0.1) is 0 Å². The first kappa shape index (κ1) is 27.3. The summed E-state index contributed by atoms with van der Waals surface area (Å²) in [5, 5.41) is 3.72. The monoisotopic (exact) mass is 506 g/mol. The van der Waals surface area contributed by atoms with Gasteiger partial charge in [-0.25, -0.2) is 0 Å². The Balaban J connectivity index is 1.91. The van der Waals surface area contributed by atoms with Crippen molar-refractivity contribution in [3.05, 3.63) is 100 Å². The summed E-state index contributed by atoms with van der Waals surface area (Å²) in [5.74, 6) is 0.130. The third-order valence-corrected chi connectivity index (χ3v) is 6.62. The van der Waals surface area contributed by atoms with Gasteiger partial charge in [0.1, 0.15) is 11.8 Å². The van der Waals surface area contributed by atoms with E-state index in [4.69, 9.17) is 16.3 Å². The molecule has 5 nitrogen and oxygen atoms in total. The lowest BCUT2D eigenvalue weighted by Crippen LogP contribution is -2.53. The lowest BCUT2D eigenvalue weighted by molar-refractivity contribution is -0.143. The van der Waals surface area contributed by atoms with E-state index in [2.05, 4.69) is 5.32 Å². The van der Waals surface area contributed by atoms with Crippen molar-refractivity contribution < 1.29 is 14.3 Å². The van der Waals surface area contributed by atoms with E-state index in [0.29, 0.717) is 23.7 Å². The number of ether oxygens (including phenoxy) is 1. The Morgan fingerprint density at radius 3 is 2.36 bits per heavy atom. The van der Waals surface area contributed by atoms with Gasteiger partial charge in [-0.05, 0) is 62.1 Å². The first-order valence-electron chi connectivity index (χ1n) is 12.3. The average molecular weight is 507 g/mol. The summed E-state index contributed by atoms with van der Waals surface area (Å²) in [6.45, 7) is 8.00. The molecule has 0 unspecified atom stereocenters. The SMILES string of the molecule is CC[C@H](C)NC(=O)[C@H](Cc1ccccc1)N(Cc1cccc(C)c1)C(=O)COc1ccc(Cl)c(C)c1. The molecule has 0 saturated heterocycles. The van der Waals surface area contributed by atoms with Gasteiger partial charge in [0.25, 0.3) is 5.91 Å². The van der Waals surface area contributed by atoms with Crippen LogP contribution in [0.3, 0.4) is 0 Å². The molecule has 0 spiro atoms. The minimum Gasteiger partial charge on any atom is -0.484 e. The molecule has 0 heterocycles. The highest BCUT2D eigenvalue weighted by molar-refractivity contribution is 6.31. The molecule has 0 aliphatic carbocycles. The molecule has 1 N–H and O–H groups in total. The second kappa shape index (κ2) is 13.1. The van der Waals surface area contributed by atoms with Crippen molar-refractivity contribution in [3.8, 4) is 5.75 Å². The molecule has 0 aliphatic rings. The van der Waals surface area contributed by atoms with Crippen LogP contribution in [0.15, 0.2) is 72.8 Å². The first-order valence-corrected chi connectivity index (χ1v) is 12.7. The fourth-order valence-corrected chi connectivity index (χ4v) is 4.05. The molecule has 0 saturated carbocycles. The van der Waals surface area contributed by atoms with Crippen LogP contribution >= 0.6 is 11.6 Å². The fraction of sp³-hybridized carbons (Fsp3) is 0.333. The van der Waals surface area contributed by atoms with E-state index in [1.807, 2.05) is 82.3 Å². The Bertz CT molecular complexity index is 1170. The molecule has 3 aromatic carbocycles. The summed E-state index contributed by atoms with van der Waals surface area (Å²) < 4.78 is 5.85. The maximum absolute atomic E-state index is 13.6. The van der Waals surface area contributed by atoms with Crippen molar-refractivity contribution in [2.24, 2.45) is 0 Å². The van der Waals surface area contributed by atoms with Gasteiger partial charge in [0.15, 0.2) is 6.61 Å². The molecule has 0 radical (unpaired) electrons. The summed E-state index contributed by atoms with van der Waals surface area (Å²) in [6.07, 6.45) is 1.20. The normalized spacial score (nSPS) is 12.5. The van der Waals surface area contributed by atoms with Crippen LogP contribution in [0.25, 0.3) is 0 Å². The second-order valence-corrected chi connectivity index (χ2v) is 9.64. The van der Waals surface area contributed by atoms with E-state index in [1.165, 1.54) is 0 Å². The van der Waals surface area contributed by atoms with Crippen LogP contribution in [-0.4, -0.2) is 35.4 Å². The molecule has 0 bridgehead atoms. The lowest BCUT2D eigenvalue weighted by Gasteiger charge is -2.32. The Morgan fingerprint density at radius 2 is 1.69 bits per heavy atom. The maximum atomic E-state index is 13.6. The molecule has 0 aliphatic heterocycles. The zero-order valence-electron chi connectivity index (χ0n) is 21.5. The average Bonchev–Trinajstić information content (AvgIpc) is 2.87. The quantitative estimate of drug-likeness (QED) is 0.352. The molecule has 0 aromatic heterocycles. The minimum atomic E-state index is -0.690. The van der Waals surface area contributed by atoms with Crippen molar-refractivity contribution in [1.29, 1.82) is 0 Å². The topological polar surface area (TPSA) is 58.6 Å². The number of amides is 2. The molecule has 0 fully saturated rings. The van der Waals surface area contributed by atoms with Gasteiger partial charge in [0.05, 0.1) is 0 Å². The Kier molecular flexibility index (Phi) is 9.95. The third-order valence-electron chi connectivity index (χ3n) is 6.20. The predicted octanol–water partition coefficient (Wildman–Crippen LogP) is 5.89. The van der Waals surface area contributed by atoms with Gasteiger partial charge < -0.3 is 15.0 Å². The largest absolute Gasteiger partial charge is 0.484 e. The van der Waals surface area contributed by atoms with E-state index in [9.17, 15) is 9.59 Å². The van der Waals surface area contributed by atoms with Gasteiger partial charge in [0, 0.05) is 24.0 Å². The number of carbonyl (C=O) groups excluding carboxylic acids is 2. The third kappa shape index (κ3) is 7.85. The van der Waals surface area contributed by atoms with Gasteiger partial charge in [-0.3, -0.25) is 9.59 Å². The highest BCUT2D eigenvalue weighted by Gasteiger charge is 2.31. The number of nitrogens with one attached hydrogen (secondary N) is 1. The van der Waals surface area contributed by atoms with Crippen molar-refractivity contribution >= 4 is 23.4 Å². The molecule has 2 amide bonds. The number of aryl methyl sites for hydroxylation is 2. The molecule has 3 aromatic rings. The smallest absolute Gasteiger partial charge is 0.261 e. The van der Waals surface area contributed by atoms with Gasteiger partial charge in [0.2, 0.25) is 5.91 Å². The number of hydrogen-bond acceptors (Lipinski definition) is 3. The number of halogens is 1. The lowest BCUT2D eigenvalue weighted by atomic mass is 10.0. The van der Waals surface area contributed by atoms with Crippen LogP contribution in [0.4, 0.5) is 0 Å². The molecular formula is C30H35ClN2O3. The Labute approximate surface area is 219 Å². The Morgan fingerprint density at radius 1 is 0.972 bits per heavy atom. The molecular weight excluding hydrogens is 472 g/mol. The van der Waals surface area contributed by atoms with Crippen LogP contribution in [0, 0.1) is 13.8 Å². The van der Waals surface area contributed by atoms with Gasteiger partial charge >= 0.3 is 0 Å². The van der Waals surface area contributed by atoms with E-state index in [1.54, 1.807) is 23.1 Å². The predicted molar refractivity (Wildman–Crippen MR) is 145 cm³/mol. The van der Waals surface area contributed by atoms with E-state index in [0.717, 1.165) is 28.7 Å². The zero-order chi connectivity index (χ0) is 26.1. The van der Waals surface area contributed by atoms with E-state index < -0.39 is 6.04 Å². The second-order valence-electron chi connectivity index (χ2n) is 9.23. The summed E-state index contributed by atoms with van der Waals surface area (Å²) >= 11 is 6.13. The fourth-order valence-electron chi connectivity index (χ4n) is 3.94. The van der Waals surface area contributed by atoms with Gasteiger partial charge in [-0.1, -0.05) is 78.7 Å². The molecule has 3 rings (SSSR count). The summed E-state index contributed by atoms with van der Waals surface area (Å²) in [6, 6.07) is 22.4. The van der Waals surface area contributed by atoms with E-state index in [-0.39, 0.29) is 24.5 Å². The number of nitrogens with zero attached hydrogens (tertiary/aromatic N) is 1. The van der Waals surface area contributed by atoms with Crippen molar-refractivity contribution in [1.82, 2.24) is 10.2 Å². The summed E-state index contributed by atoms with van der Waals surface area (Å²) in [4.78, 5) is 28.8. The standard InChI is InChI=1S/C30H35ClN2O3/c1-5-23(4)32-30(35)28(18-24-11-7-6-8-12-24)33(19-25-13-9-10-21(2)16-25)29(34)20-36-26-14-15-27(31)22(3)17-26/h6-17,23,28H,5,18-20H2,1-4H3,(H,32,35)/t23-,28-/m0/s1. The number of benzene rings is 3. The van der Waals surface area contributed by atoms with E-state index >= 15 is 0 Å². The zero-order valence-corrected chi connectivity index (χ0v) is 22.2. The maximum Gasteiger partial charge on any atom is 0.261 e. The highest BCUT2D eigenvalue weighted by atomic mass is 35.5.